The minimum Gasteiger partial charge on any atom is -0.450 e. The van der Waals surface area contributed by atoms with Gasteiger partial charge in [-0.05, 0) is 24.6 Å². The third-order valence-electron chi connectivity index (χ3n) is 3.95. The molecule has 0 radical (unpaired) electrons. The number of halogens is 2. The van der Waals surface area contributed by atoms with Crippen molar-refractivity contribution in [2.75, 3.05) is 11.6 Å². The third kappa shape index (κ3) is 3.99. The van der Waals surface area contributed by atoms with E-state index in [1.807, 2.05) is 0 Å². The lowest BCUT2D eigenvalue weighted by molar-refractivity contribution is 0.101. The van der Waals surface area contributed by atoms with Crippen LogP contribution in [0.1, 0.15) is 17.0 Å². The number of nitrogens with one attached hydrogen (secondary N) is 1. The van der Waals surface area contributed by atoms with E-state index in [9.17, 15) is 18.0 Å². The number of primary amides is 1. The zero-order valence-corrected chi connectivity index (χ0v) is 16.8. The molecule has 2 amide bonds. The molecule has 0 bridgehead atoms. The van der Waals surface area contributed by atoms with Crippen LogP contribution in [0.25, 0.3) is 11.0 Å². The molecule has 1 aliphatic carbocycles. The second kappa shape index (κ2) is 7.46. The molecule has 0 saturated heterocycles. The Morgan fingerprint density at radius 3 is 2.57 bits per heavy atom. The van der Waals surface area contributed by atoms with Crippen molar-refractivity contribution in [3.63, 3.8) is 0 Å². The van der Waals surface area contributed by atoms with Gasteiger partial charge in [0.15, 0.2) is 15.6 Å². The molecule has 0 saturated carbocycles. The van der Waals surface area contributed by atoms with Gasteiger partial charge in [0, 0.05) is 28.3 Å². The van der Waals surface area contributed by atoms with Crippen LogP contribution in [-0.2, 0) is 9.84 Å². The lowest BCUT2D eigenvalue weighted by Crippen LogP contribution is -2.20. The van der Waals surface area contributed by atoms with Gasteiger partial charge in [0.05, 0.1) is 9.93 Å². The number of hydrogen-bond donors (Lipinski definition) is 2. The van der Waals surface area contributed by atoms with Crippen molar-refractivity contribution in [1.29, 1.82) is 0 Å². The molecule has 146 valence electrons. The van der Waals surface area contributed by atoms with Crippen molar-refractivity contribution in [3.05, 3.63) is 57.8 Å². The number of nitrogens with two attached hydrogens (primary N) is 1. The standard InChI is InChI=1S/C18H14Cl2N2O5S/c1-28(25,26)10-5-6-12-14(8-10)27-17(15(12)22-18(21)24)16(23)11-4-2-3-9(19)7-13(11)20/h3-8H,2H2,1H3,(H3,21,22,24). The fourth-order valence-electron chi connectivity index (χ4n) is 2.68. The highest BCUT2D eigenvalue weighted by atomic mass is 35.5. The van der Waals surface area contributed by atoms with Crippen molar-refractivity contribution in [2.24, 2.45) is 5.73 Å². The van der Waals surface area contributed by atoms with Crippen LogP contribution in [0.3, 0.4) is 0 Å². The molecule has 1 aliphatic rings. The number of hydrogen-bond acceptors (Lipinski definition) is 5. The Labute approximate surface area is 170 Å². The van der Waals surface area contributed by atoms with Crippen molar-refractivity contribution < 1.29 is 22.4 Å². The van der Waals surface area contributed by atoms with E-state index < -0.39 is 21.7 Å². The summed E-state index contributed by atoms with van der Waals surface area (Å²) < 4.78 is 29.2. The van der Waals surface area contributed by atoms with Gasteiger partial charge < -0.3 is 15.5 Å². The molecule has 0 fully saturated rings. The first-order valence-electron chi connectivity index (χ1n) is 7.89. The summed E-state index contributed by atoms with van der Waals surface area (Å²) in [6.07, 6.45) is 6.07. The molecule has 2 aromatic rings. The third-order valence-corrected chi connectivity index (χ3v) is 5.63. The highest BCUT2D eigenvalue weighted by Crippen LogP contribution is 2.36. The lowest BCUT2D eigenvalue weighted by Gasteiger charge is -2.05. The molecular formula is C18H14Cl2N2O5S. The van der Waals surface area contributed by atoms with Crippen LogP contribution in [-0.4, -0.2) is 26.5 Å². The van der Waals surface area contributed by atoms with Gasteiger partial charge in [0.2, 0.25) is 5.78 Å². The van der Waals surface area contributed by atoms with Crippen LogP contribution < -0.4 is 11.1 Å². The van der Waals surface area contributed by atoms with Gasteiger partial charge in [-0.3, -0.25) is 4.79 Å². The fraction of sp³-hybridized carbons (Fsp3) is 0.111. The van der Waals surface area contributed by atoms with Gasteiger partial charge in [-0.25, -0.2) is 13.2 Å². The van der Waals surface area contributed by atoms with Gasteiger partial charge in [0.25, 0.3) is 0 Å². The van der Waals surface area contributed by atoms with Crippen LogP contribution in [0.4, 0.5) is 10.5 Å². The highest BCUT2D eigenvalue weighted by Gasteiger charge is 2.27. The molecule has 0 atom stereocenters. The Morgan fingerprint density at radius 1 is 1.21 bits per heavy atom. The van der Waals surface area contributed by atoms with Gasteiger partial charge >= 0.3 is 6.03 Å². The first-order valence-corrected chi connectivity index (χ1v) is 10.5. The number of Topliss-reactive ketones (excluding diaryl/α,β-unsaturated/α-hetero) is 1. The summed E-state index contributed by atoms with van der Waals surface area (Å²) in [4.78, 5) is 24.5. The van der Waals surface area contributed by atoms with Crippen LogP contribution >= 0.6 is 23.2 Å². The van der Waals surface area contributed by atoms with Crippen LogP contribution in [0, 0.1) is 0 Å². The molecule has 7 nitrogen and oxygen atoms in total. The van der Waals surface area contributed by atoms with E-state index in [-0.39, 0.29) is 32.5 Å². The van der Waals surface area contributed by atoms with E-state index in [0.717, 1.165) is 6.26 Å². The molecule has 1 aromatic carbocycles. The van der Waals surface area contributed by atoms with E-state index in [4.69, 9.17) is 33.4 Å². The maximum Gasteiger partial charge on any atom is 0.316 e. The Bertz CT molecular complexity index is 1210. The Hall–Kier alpha value is -2.55. The van der Waals surface area contributed by atoms with Crippen molar-refractivity contribution in [1.82, 2.24) is 0 Å². The Balaban J connectivity index is 2.19. The minimum absolute atomic E-state index is 0.000894. The topological polar surface area (TPSA) is 119 Å². The SMILES string of the molecule is CS(=O)(=O)c1ccc2c(NC(N)=O)c(C(=O)C3=CCC=C(Cl)C=C3Cl)oc2c1. The molecule has 28 heavy (non-hydrogen) atoms. The average molecular weight is 441 g/mol. The van der Waals surface area contributed by atoms with Gasteiger partial charge in [-0.2, -0.15) is 0 Å². The summed E-state index contributed by atoms with van der Waals surface area (Å²) in [7, 11) is -3.50. The summed E-state index contributed by atoms with van der Waals surface area (Å²) in [5.74, 6) is -0.836. The normalized spacial score (nSPS) is 14.8. The summed E-state index contributed by atoms with van der Waals surface area (Å²) in [5, 5.41) is 3.16. The summed E-state index contributed by atoms with van der Waals surface area (Å²) in [5.41, 5.74) is 5.47. The van der Waals surface area contributed by atoms with Crippen LogP contribution in [0.2, 0.25) is 0 Å². The number of sulfone groups is 1. The first kappa shape index (κ1) is 20.2. The summed E-state index contributed by atoms with van der Waals surface area (Å²) in [6.45, 7) is 0. The monoisotopic (exact) mass is 440 g/mol. The molecule has 10 heteroatoms. The van der Waals surface area contributed by atoms with E-state index in [1.54, 1.807) is 12.2 Å². The second-order valence-electron chi connectivity index (χ2n) is 5.99. The van der Waals surface area contributed by atoms with Crippen LogP contribution in [0.15, 0.2) is 61.4 Å². The Morgan fingerprint density at radius 2 is 1.93 bits per heavy atom. The number of carbonyl (C=O) groups is 2. The Kier molecular flexibility index (Phi) is 5.38. The van der Waals surface area contributed by atoms with Gasteiger partial charge in [-0.1, -0.05) is 35.4 Å². The zero-order chi connectivity index (χ0) is 20.6. The minimum atomic E-state index is -3.50. The van der Waals surface area contributed by atoms with E-state index in [0.29, 0.717) is 16.8 Å². The number of amides is 2. The molecule has 3 N–H and O–H groups in total. The van der Waals surface area contributed by atoms with Crippen molar-refractivity contribution in [3.8, 4) is 0 Å². The number of urea groups is 1. The number of carbonyl (C=O) groups excluding carboxylic acids is 2. The fourth-order valence-corrected chi connectivity index (χ4v) is 3.85. The van der Waals surface area contributed by atoms with Crippen molar-refractivity contribution >= 4 is 61.5 Å². The predicted octanol–water partition coefficient (Wildman–Crippen LogP) is 4.09. The molecular weight excluding hydrogens is 427 g/mol. The zero-order valence-electron chi connectivity index (χ0n) is 14.5. The molecule has 3 rings (SSSR count). The first-order chi connectivity index (χ1) is 13.1. The number of fused-ring (bicyclic) bond motifs is 1. The van der Waals surface area contributed by atoms with E-state index >= 15 is 0 Å². The highest BCUT2D eigenvalue weighted by molar-refractivity contribution is 7.90. The predicted molar refractivity (Wildman–Crippen MR) is 107 cm³/mol. The molecule has 0 aliphatic heterocycles. The maximum absolute atomic E-state index is 13.1. The second-order valence-corrected chi connectivity index (χ2v) is 8.85. The lowest BCUT2D eigenvalue weighted by atomic mass is 10.1. The molecule has 1 heterocycles. The average Bonchev–Trinajstić information content (AvgIpc) is 2.84. The largest absolute Gasteiger partial charge is 0.450 e. The number of furan rings is 1. The van der Waals surface area contributed by atoms with Crippen LogP contribution in [0.5, 0.6) is 0 Å². The number of allylic oxidation sites excluding steroid dienone is 6. The number of benzene rings is 1. The molecule has 0 spiro atoms. The quantitative estimate of drug-likeness (QED) is 0.693. The summed E-state index contributed by atoms with van der Waals surface area (Å²) >= 11 is 12.1. The molecule has 0 unspecified atom stereocenters. The van der Waals surface area contributed by atoms with Gasteiger partial charge in [-0.15, -0.1) is 0 Å². The van der Waals surface area contributed by atoms with E-state index in [1.165, 1.54) is 24.3 Å². The van der Waals surface area contributed by atoms with Crippen molar-refractivity contribution in [2.45, 2.75) is 11.3 Å². The van der Waals surface area contributed by atoms with E-state index in [2.05, 4.69) is 5.32 Å². The smallest absolute Gasteiger partial charge is 0.316 e. The number of anilines is 1. The maximum atomic E-state index is 13.1. The summed E-state index contributed by atoms with van der Waals surface area (Å²) in [6, 6.07) is 3.12. The number of ketones is 1. The number of rotatable bonds is 4. The van der Waals surface area contributed by atoms with Gasteiger partial charge in [0.1, 0.15) is 11.3 Å². The molecule has 1 aromatic heterocycles.